The molecule has 0 atom stereocenters. The highest BCUT2D eigenvalue weighted by atomic mass is 32.2. The van der Waals surface area contributed by atoms with Gasteiger partial charge in [0.05, 0.1) is 16.6 Å². The van der Waals surface area contributed by atoms with E-state index in [4.69, 9.17) is 12.2 Å². The Hall–Kier alpha value is -1.21. The third kappa shape index (κ3) is 3.27. The molecule has 0 radical (unpaired) electrons. The SMILES string of the molecule is C=CCSCCn1c(=S)[nH]c2cc(C(F)(F)F)ccc21. The van der Waals surface area contributed by atoms with Crippen LogP contribution in [-0.4, -0.2) is 21.1 Å². The summed E-state index contributed by atoms with van der Waals surface area (Å²) in [5.74, 6) is 1.67. The molecular weight excluding hydrogens is 305 g/mol. The van der Waals surface area contributed by atoms with Crippen molar-refractivity contribution in [1.82, 2.24) is 9.55 Å². The van der Waals surface area contributed by atoms with Crippen LogP contribution in [0.3, 0.4) is 0 Å². The summed E-state index contributed by atoms with van der Waals surface area (Å²) in [4.78, 5) is 2.83. The van der Waals surface area contributed by atoms with E-state index in [1.54, 1.807) is 11.8 Å². The number of halogens is 3. The predicted molar refractivity (Wildman–Crippen MR) is 79.6 cm³/mol. The van der Waals surface area contributed by atoms with Crippen LogP contribution in [0.5, 0.6) is 0 Å². The van der Waals surface area contributed by atoms with E-state index in [1.165, 1.54) is 6.07 Å². The third-order valence-corrected chi connectivity index (χ3v) is 4.06. The van der Waals surface area contributed by atoms with Gasteiger partial charge in [-0.25, -0.2) is 0 Å². The lowest BCUT2D eigenvalue weighted by Crippen LogP contribution is -2.05. The average Bonchev–Trinajstić information content (AvgIpc) is 2.69. The molecule has 20 heavy (non-hydrogen) atoms. The second kappa shape index (κ2) is 6.05. The zero-order chi connectivity index (χ0) is 14.8. The minimum Gasteiger partial charge on any atom is -0.331 e. The fourth-order valence-corrected chi connectivity index (χ4v) is 2.83. The van der Waals surface area contributed by atoms with Gasteiger partial charge in [-0.05, 0) is 30.4 Å². The van der Waals surface area contributed by atoms with E-state index in [-0.39, 0.29) is 0 Å². The van der Waals surface area contributed by atoms with E-state index in [2.05, 4.69) is 11.6 Å². The summed E-state index contributed by atoms with van der Waals surface area (Å²) >= 11 is 6.86. The van der Waals surface area contributed by atoms with Gasteiger partial charge in [0.1, 0.15) is 0 Å². The van der Waals surface area contributed by atoms with Gasteiger partial charge in [0.25, 0.3) is 0 Å². The van der Waals surface area contributed by atoms with Gasteiger partial charge in [-0.2, -0.15) is 24.9 Å². The lowest BCUT2D eigenvalue weighted by molar-refractivity contribution is -0.137. The number of benzene rings is 1. The van der Waals surface area contributed by atoms with Crippen molar-refractivity contribution in [2.45, 2.75) is 12.7 Å². The van der Waals surface area contributed by atoms with Gasteiger partial charge in [0.15, 0.2) is 4.77 Å². The normalized spacial score (nSPS) is 11.9. The number of nitrogens with zero attached hydrogens (tertiary/aromatic N) is 1. The molecule has 0 saturated carbocycles. The van der Waals surface area contributed by atoms with Gasteiger partial charge in [-0.15, -0.1) is 6.58 Å². The van der Waals surface area contributed by atoms with Gasteiger partial charge >= 0.3 is 6.18 Å². The van der Waals surface area contributed by atoms with E-state index in [0.29, 0.717) is 22.3 Å². The number of aromatic nitrogens is 2. The zero-order valence-corrected chi connectivity index (χ0v) is 12.2. The Kier molecular flexibility index (Phi) is 4.59. The molecule has 0 bridgehead atoms. The van der Waals surface area contributed by atoms with Gasteiger partial charge < -0.3 is 9.55 Å². The Bertz CT molecular complexity index is 670. The number of H-pyrrole nitrogens is 1. The number of nitrogens with one attached hydrogen (secondary N) is 1. The highest BCUT2D eigenvalue weighted by Gasteiger charge is 2.30. The standard InChI is InChI=1S/C13H13F3N2S2/c1-2-6-20-7-5-18-11-4-3-9(13(14,15)16)8-10(11)17-12(18)19/h2-4,8H,1,5-7H2,(H,17,19). The van der Waals surface area contributed by atoms with Crippen LogP contribution in [0.2, 0.25) is 0 Å². The smallest absolute Gasteiger partial charge is 0.331 e. The van der Waals surface area contributed by atoms with Crippen LogP contribution >= 0.6 is 24.0 Å². The van der Waals surface area contributed by atoms with Crippen molar-refractivity contribution >= 4 is 35.0 Å². The Morgan fingerprint density at radius 2 is 2.15 bits per heavy atom. The minimum absolute atomic E-state index is 0.415. The predicted octanol–water partition coefficient (Wildman–Crippen LogP) is 4.64. The van der Waals surface area contributed by atoms with Crippen molar-refractivity contribution in [3.8, 4) is 0 Å². The summed E-state index contributed by atoms with van der Waals surface area (Å²) in [6.07, 6.45) is -2.53. The minimum atomic E-state index is -4.34. The highest BCUT2D eigenvalue weighted by Crippen LogP contribution is 2.31. The summed E-state index contributed by atoms with van der Waals surface area (Å²) in [5, 5.41) is 0. The number of hydrogen-bond donors (Lipinski definition) is 1. The maximum absolute atomic E-state index is 12.7. The van der Waals surface area contributed by atoms with Crippen LogP contribution in [0.1, 0.15) is 5.56 Å². The number of fused-ring (bicyclic) bond motifs is 1. The van der Waals surface area contributed by atoms with E-state index in [9.17, 15) is 13.2 Å². The maximum atomic E-state index is 12.7. The van der Waals surface area contributed by atoms with E-state index >= 15 is 0 Å². The molecule has 0 spiro atoms. The Morgan fingerprint density at radius 3 is 2.80 bits per heavy atom. The van der Waals surface area contributed by atoms with E-state index in [0.717, 1.165) is 23.6 Å². The molecule has 1 aromatic carbocycles. The first kappa shape index (κ1) is 15.2. The van der Waals surface area contributed by atoms with Crippen LogP contribution in [0.25, 0.3) is 11.0 Å². The van der Waals surface area contributed by atoms with Crippen molar-refractivity contribution < 1.29 is 13.2 Å². The molecule has 0 aliphatic rings. The lowest BCUT2D eigenvalue weighted by atomic mass is 10.2. The number of aryl methyl sites for hydroxylation is 1. The van der Waals surface area contributed by atoms with Crippen LogP contribution in [0.4, 0.5) is 13.2 Å². The van der Waals surface area contributed by atoms with Gasteiger partial charge in [0.2, 0.25) is 0 Å². The van der Waals surface area contributed by atoms with E-state index < -0.39 is 11.7 Å². The monoisotopic (exact) mass is 318 g/mol. The summed E-state index contributed by atoms with van der Waals surface area (Å²) in [6.45, 7) is 4.29. The average molecular weight is 318 g/mol. The number of hydrogen-bond acceptors (Lipinski definition) is 2. The topological polar surface area (TPSA) is 20.7 Å². The molecule has 2 nitrogen and oxygen atoms in total. The van der Waals surface area contributed by atoms with Crippen molar-refractivity contribution in [1.29, 1.82) is 0 Å². The molecule has 7 heteroatoms. The zero-order valence-electron chi connectivity index (χ0n) is 10.5. The fourth-order valence-electron chi connectivity index (χ4n) is 1.88. The Balaban J connectivity index is 2.30. The quantitative estimate of drug-likeness (QED) is 0.492. The molecule has 0 aliphatic heterocycles. The van der Waals surface area contributed by atoms with Crippen molar-refractivity contribution in [2.75, 3.05) is 11.5 Å². The van der Waals surface area contributed by atoms with E-state index in [1.807, 2.05) is 10.6 Å². The lowest BCUT2D eigenvalue weighted by Gasteiger charge is -2.07. The molecule has 1 N–H and O–H groups in total. The van der Waals surface area contributed by atoms with Crippen LogP contribution < -0.4 is 0 Å². The summed E-state index contributed by atoms with van der Waals surface area (Å²) in [5.41, 5.74) is 0.440. The molecule has 108 valence electrons. The van der Waals surface area contributed by atoms with Crippen LogP contribution in [0.15, 0.2) is 30.9 Å². The second-order valence-corrected chi connectivity index (χ2v) is 5.71. The molecule has 0 amide bonds. The molecule has 2 rings (SSSR count). The first-order chi connectivity index (χ1) is 9.43. The number of imidazole rings is 1. The fraction of sp³-hybridized carbons (Fsp3) is 0.308. The summed E-state index contributed by atoms with van der Waals surface area (Å²) in [7, 11) is 0. The Morgan fingerprint density at radius 1 is 1.40 bits per heavy atom. The molecule has 1 heterocycles. The summed E-state index contributed by atoms with van der Waals surface area (Å²) in [6, 6.07) is 3.64. The summed E-state index contributed by atoms with van der Waals surface area (Å²) < 4.78 is 40.2. The molecule has 0 unspecified atom stereocenters. The molecule has 0 aliphatic carbocycles. The third-order valence-electron chi connectivity index (χ3n) is 2.80. The largest absolute Gasteiger partial charge is 0.416 e. The molecule has 0 fully saturated rings. The Labute approximate surface area is 123 Å². The number of aromatic amines is 1. The second-order valence-electron chi connectivity index (χ2n) is 4.18. The van der Waals surface area contributed by atoms with Crippen molar-refractivity contribution in [3.63, 3.8) is 0 Å². The first-order valence-corrected chi connectivity index (χ1v) is 7.48. The van der Waals surface area contributed by atoms with Crippen molar-refractivity contribution in [3.05, 3.63) is 41.2 Å². The number of rotatable bonds is 5. The van der Waals surface area contributed by atoms with Crippen LogP contribution in [0, 0.1) is 4.77 Å². The highest BCUT2D eigenvalue weighted by molar-refractivity contribution is 7.99. The van der Waals surface area contributed by atoms with Gasteiger partial charge in [-0.1, -0.05) is 6.08 Å². The van der Waals surface area contributed by atoms with Crippen molar-refractivity contribution in [2.24, 2.45) is 0 Å². The molecular formula is C13H13F3N2S2. The van der Waals surface area contributed by atoms with Gasteiger partial charge in [-0.3, -0.25) is 0 Å². The number of alkyl halides is 3. The molecule has 2 aromatic rings. The van der Waals surface area contributed by atoms with Gasteiger partial charge in [0, 0.05) is 18.1 Å². The van der Waals surface area contributed by atoms with Crippen LogP contribution in [-0.2, 0) is 12.7 Å². The number of thioether (sulfide) groups is 1. The molecule has 0 saturated heterocycles. The first-order valence-electron chi connectivity index (χ1n) is 5.92. The maximum Gasteiger partial charge on any atom is 0.416 e. The molecule has 1 aromatic heterocycles.